The lowest BCUT2D eigenvalue weighted by Gasteiger charge is -2.30. The van der Waals surface area contributed by atoms with E-state index in [-0.39, 0.29) is 17.8 Å². The van der Waals surface area contributed by atoms with Gasteiger partial charge >= 0.3 is 5.97 Å². The zero-order chi connectivity index (χ0) is 17.3. The van der Waals surface area contributed by atoms with Gasteiger partial charge in [0.2, 0.25) is 5.91 Å². The lowest BCUT2D eigenvalue weighted by atomic mass is 9.96. The summed E-state index contributed by atoms with van der Waals surface area (Å²) in [5.74, 6) is -0.174. The number of benzene rings is 1. The predicted molar refractivity (Wildman–Crippen MR) is 90.7 cm³/mol. The highest BCUT2D eigenvalue weighted by molar-refractivity contribution is 5.88. The Hall–Kier alpha value is -2.30. The van der Waals surface area contributed by atoms with Crippen molar-refractivity contribution in [1.29, 1.82) is 0 Å². The van der Waals surface area contributed by atoms with Crippen LogP contribution in [-0.2, 0) is 20.7 Å². The number of likely N-dealkylation sites (tertiary alicyclic amines) is 1. The Morgan fingerprint density at radius 2 is 1.88 bits per heavy atom. The van der Waals surface area contributed by atoms with Gasteiger partial charge in [-0.3, -0.25) is 9.59 Å². The first-order valence-electron chi connectivity index (χ1n) is 8.32. The quantitative estimate of drug-likeness (QED) is 0.812. The number of fused-ring (bicyclic) bond motifs is 1. The van der Waals surface area contributed by atoms with E-state index in [1.165, 1.54) is 18.2 Å². The number of rotatable bonds is 3. The van der Waals surface area contributed by atoms with Gasteiger partial charge in [-0.05, 0) is 49.9 Å². The maximum absolute atomic E-state index is 12.6. The first kappa shape index (κ1) is 16.6. The number of furan rings is 1. The Balaban J connectivity index is 1.68. The molecule has 1 aliphatic rings. The largest absolute Gasteiger partial charge is 0.469 e. The molecule has 1 amide bonds. The van der Waals surface area contributed by atoms with Crippen LogP contribution in [0.5, 0.6) is 0 Å². The summed E-state index contributed by atoms with van der Waals surface area (Å²) in [6, 6.07) is 4.10. The van der Waals surface area contributed by atoms with Gasteiger partial charge < -0.3 is 14.1 Å². The molecule has 0 radical (unpaired) electrons. The minimum Gasteiger partial charge on any atom is -0.469 e. The Bertz CT molecular complexity index is 769. The molecule has 0 N–H and O–H groups in total. The second kappa shape index (κ2) is 6.67. The Morgan fingerprint density at radius 1 is 1.21 bits per heavy atom. The topological polar surface area (TPSA) is 59.8 Å². The molecule has 5 heteroatoms. The van der Waals surface area contributed by atoms with Gasteiger partial charge in [0, 0.05) is 24.0 Å². The second-order valence-corrected chi connectivity index (χ2v) is 6.55. The SMILES string of the molecule is COC(=O)C1CCN(C(=O)Cc2coc3cc(C)c(C)cc23)CC1. The van der Waals surface area contributed by atoms with Gasteiger partial charge in [-0.1, -0.05) is 0 Å². The highest BCUT2D eigenvalue weighted by atomic mass is 16.5. The zero-order valence-corrected chi connectivity index (χ0v) is 14.4. The highest BCUT2D eigenvalue weighted by Gasteiger charge is 2.28. The number of carbonyl (C=O) groups is 2. The van der Waals surface area contributed by atoms with Gasteiger partial charge in [0.05, 0.1) is 25.7 Å². The van der Waals surface area contributed by atoms with E-state index in [0.717, 1.165) is 16.5 Å². The first-order chi connectivity index (χ1) is 11.5. The summed E-state index contributed by atoms with van der Waals surface area (Å²) in [7, 11) is 1.41. The van der Waals surface area contributed by atoms with Gasteiger partial charge in [-0.2, -0.15) is 0 Å². The fourth-order valence-electron chi connectivity index (χ4n) is 3.28. The third-order valence-corrected chi connectivity index (χ3v) is 4.99. The fraction of sp³-hybridized carbons (Fsp3) is 0.474. The van der Waals surface area contributed by atoms with Crippen molar-refractivity contribution in [1.82, 2.24) is 4.90 Å². The monoisotopic (exact) mass is 329 g/mol. The van der Waals surface area contributed by atoms with E-state index in [2.05, 4.69) is 13.0 Å². The Labute approximate surface area is 141 Å². The number of amides is 1. The van der Waals surface area contributed by atoms with E-state index < -0.39 is 0 Å². The number of carbonyl (C=O) groups excluding carboxylic acids is 2. The maximum Gasteiger partial charge on any atom is 0.308 e. The van der Waals surface area contributed by atoms with E-state index in [1.54, 1.807) is 6.26 Å². The molecule has 1 aliphatic heterocycles. The molecule has 24 heavy (non-hydrogen) atoms. The molecule has 1 fully saturated rings. The second-order valence-electron chi connectivity index (χ2n) is 6.55. The molecule has 0 unspecified atom stereocenters. The molecule has 0 atom stereocenters. The summed E-state index contributed by atoms with van der Waals surface area (Å²) in [5, 5.41) is 1.01. The number of methoxy groups -OCH3 is 1. The van der Waals surface area contributed by atoms with Crippen molar-refractivity contribution in [3.63, 3.8) is 0 Å². The van der Waals surface area contributed by atoms with Crippen LogP contribution in [0.1, 0.15) is 29.5 Å². The Morgan fingerprint density at radius 3 is 2.54 bits per heavy atom. The van der Waals surface area contributed by atoms with Gasteiger partial charge in [-0.15, -0.1) is 0 Å². The molecule has 1 aromatic heterocycles. The van der Waals surface area contributed by atoms with Crippen LogP contribution in [-0.4, -0.2) is 37.0 Å². The van der Waals surface area contributed by atoms with E-state index in [4.69, 9.17) is 9.15 Å². The van der Waals surface area contributed by atoms with Gasteiger partial charge in [0.15, 0.2) is 0 Å². The van der Waals surface area contributed by atoms with Crippen LogP contribution in [0.3, 0.4) is 0 Å². The molecule has 0 aliphatic carbocycles. The van der Waals surface area contributed by atoms with Crippen molar-refractivity contribution in [2.75, 3.05) is 20.2 Å². The lowest BCUT2D eigenvalue weighted by molar-refractivity contribution is -0.148. The number of hydrogen-bond donors (Lipinski definition) is 0. The molecule has 2 heterocycles. The van der Waals surface area contributed by atoms with E-state index in [1.807, 2.05) is 17.9 Å². The number of aryl methyl sites for hydroxylation is 2. The Kier molecular flexibility index (Phi) is 4.60. The van der Waals surface area contributed by atoms with Crippen LogP contribution in [0.4, 0.5) is 0 Å². The van der Waals surface area contributed by atoms with Crippen molar-refractivity contribution < 1.29 is 18.7 Å². The summed E-state index contributed by atoms with van der Waals surface area (Å²) in [4.78, 5) is 26.0. The molecule has 3 rings (SSSR count). The standard InChI is InChI=1S/C19H23NO4/c1-12-8-16-15(11-24-17(16)9-13(12)2)10-18(21)20-6-4-14(5-7-20)19(22)23-3/h8-9,11,14H,4-7,10H2,1-3H3. The number of nitrogens with zero attached hydrogens (tertiary/aromatic N) is 1. The summed E-state index contributed by atoms with van der Waals surface area (Å²) in [6.07, 6.45) is 3.35. The normalized spacial score (nSPS) is 15.7. The molecule has 1 aromatic carbocycles. The number of esters is 1. The molecule has 0 bridgehead atoms. The fourth-order valence-corrected chi connectivity index (χ4v) is 3.28. The molecular weight excluding hydrogens is 306 g/mol. The van der Waals surface area contributed by atoms with Crippen molar-refractivity contribution in [2.45, 2.75) is 33.1 Å². The third-order valence-electron chi connectivity index (χ3n) is 4.99. The smallest absolute Gasteiger partial charge is 0.308 e. The molecular formula is C19H23NO4. The van der Waals surface area contributed by atoms with Crippen molar-refractivity contribution in [3.8, 4) is 0 Å². The van der Waals surface area contributed by atoms with E-state index in [9.17, 15) is 9.59 Å². The summed E-state index contributed by atoms with van der Waals surface area (Å²) in [6.45, 7) is 5.32. The maximum atomic E-state index is 12.6. The van der Waals surface area contributed by atoms with Crippen molar-refractivity contribution in [2.24, 2.45) is 5.92 Å². The van der Waals surface area contributed by atoms with Crippen LogP contribution in [0.25, 0.3) is 11.0 Å². The molecule has 0 saturated carbocycles. The van der Waals surface area contributed by atoms with Crippen LogP contribution in [0, 0.1) is 19.8 Å². The molecule has 5 nitrogen and oxygen atoms in total. The minimum absolute atomic E-state index is 0.0826. The summed E-state index contributed by atoms with van der Waals surface area (Å²) < 4.78 is 10.4. The molecule has 128 valence electrons. The number of piperidine rings is 1. The molecule has 0 spiro atoms. The van der Waals surface area contributed by atoms with Gasteiger partial charge in [0.1, 0.15) is 5.58 Å². The van der Waals surface area contributed by atoms with Gasteiger partial charge in [-0.25, -0.2) is 0 Å². The minimum atomic E-state index is -0.172. The highest BCUT2D eigenvalue weighted by Crippen LogP contribution is 2.26. The van der Waals surface area contributed by atoms with Crippen LogP contribution >= 0.6 is 0 Å². The summed E-state index contributed by atoms with van der Waals surface area (Å²) in [5.41, 5.74) is 4.12. The lowest BCUT2D eigenvalue weighted by Crippen LogP contribution is -2.41. The predicted octanol–water partition coefficient (Wildman–Crippen LogP) is 3.00. The van der Waals surface area contributed by atoms with Crippen LogP contribution in [0.15, 0.2) is 22.8 Å². The third kappa shape index (κ3) is 3.16. The van der Waals surface area contributed by atoms with E-state index in [0.29, 0.717) is 32.4 Å². The van der Waals surface area contributed by atoms with Crippen LogP contribution < -0.4 is 0 Å². The zero-order valence-electron chi connectivity index (χ0n) is 14.4. The summed E-state index contributed by atoms with van der Waals surface area (Å²) >= 11 is 0. The van der Waals surface area contributed by atoms with E-state index >= 15 is 0 Å². The molecule has 1 saturated heterocycles. The number of ether oxygens (including phenoxy) is 1. The average Bonchev–Trinajstić information content (AvgIpc) is 2.96. The van der Waals surface area contributed by atoms with Crippen molar-refractivity contribution >= 4 is 22.8 Å². The average molecular weight is 329 g/mol. The van der Waals surface area contributed by atoms with Crippen molar-refractivity contribution in [3.05, 3.63) is 35.1 Å². The number of hydrogen-bond acceptors (Lipinski definition) is 4. The molecule has 2 aromatic rings. The first-order valence-corrected chi connectivity index (χ1v) is 8.32. The van der Waals surface area contributed by atoms with Crippen LogP contribution in [0.2, 0.25) is 0 Å². The van der Waals surface area contributed by atoms with Gasteiger partial charge in [0.25, 0.3) is 0 Å².